The molecule has 0 spiro atoms. The Balaban J connectivity index is 0.00000170. The largest absolute Gasteiger partial charge is 0.489 e. The van der Waals surface area contributed by atoms with Crippen LogP contribution in [0.15, 0.2) is 84.9 Å². The van der Waals surface area contributed by atoms with Crippen LogP contribution in [0.2, 0.25) is 0 Å². The summed E-state index contributed by atoms with van der Waals surface area (Å²) in [6.45, 7) is 10.4. The second-order valence-electron chi connectivity index (χ2n) is 16.4. The van der Waals surface area contributed by atoms with Crippen molar-refractivity contribution in [3.05, 3.63) is 102 Å². The number of nitrogens with two attached hydrogens (primary N) is 1. The van der Waals surface area contributed by atoms with E-state index in [0.717, 1.165) is 16.7 Å². The number of hydrogen-bond donors (Lipinski definition) is 3. The zero-order chi connectivity index (χ0) is 48.6. The number of ketones is 2. The van der Waals surface area contributed by atoms with Crippen molar-refractivity contribution >= 4 is 35.3 Å². The highest BCUT2D eigenvalue weighted by Crippen LogP contribution is 2.21. The van der Waals surface area contributed by atoms with E-state index in [9.17, 15) is 28.8 Å². The van der Waals surface area contributed by atoms with Gasteiger partial charge in [-0.15, -0.1) is 0 Å². The summed E-state index contributed by atoms with van der Waals surface area (Å²) in [6, 6.07) is 24.8. The lowest BCUT2D eigenvalue weighted by atomic mass is 9.90. The Hall–Kier alpha value is -5.52. The van der Waals surface area contributed by atoms with Crippen molar-refractivity contribution in [2.75, 3.05) is 67.0 Å². The van der Waals surface area contributed by atoms with Crippen LogP contribution < -0.4 is 21.1 Å². The molecule has 0 aliphatic rings. The number of methoxy groups -OCH3 is 2. The van der Waals surface area contributed by atoms with Crippen molar-refractivity contribution in [2.45, 2.75) is 91.1 Å². The van der Waals surface area contributed by atoms with E-state index in [2.05, 4.69) is 10.6 Å². The number of benzene rings is 3. The maximum absolute atomic E-state index is 14.1. The van der Waals surface area contributed by atoms with Crippen LogP contribution in [0.3, 0.4) is 0 Å². The number of esters is 2. The third-order valence-corrected chi connectivity index (χ3v) is 9.47. The van der Waals surface area contributed by atoms with Crippen molar-refractivity contribution in [3.8, 4) is 5.75 Å². The SMILES string of the molecule is COCCOCCN.COCCOCCNC(=O)[C@H](CC(=O)OC(C)(C)C)CC(=O)[C@@H](CCC(=O)OCc1ccccc1)NC(=O)[C@@H](CC(C)=O)Cc1ccc(OCc2ccccc2)cc1. The van der Waals surface area contributed by atoms with Crippen LogP contribution in [0, 0.1) is 11.8 Å². The van der Waals surface area contributed by atoms with Gasteiger partial charge in [0.25, 0.3) is 0 Å². The zero-order valence-electron chi connectivity index (χ0n) is 39.5. The summed E-state index contributed by atoms with van der Waals surface area (Å²) >= 11 is 0. The van der Waals surface area contributed by atoms with Gasteiger partial charge in [-0.2, -0.15) is 0 Å². The van der Waals surface area contributed by atoms with Gasteiger partial charge in [-0.3, -0.25) is 24.0 Å². The number of rotatable bonds is 31. The molecule has 0 radical (unpaired) electrons. The van der Waals surface area contributed by atoms with Gasteiger partial charge >= 0.3 is 11.9 Å². The maximum atomic E-state index is 14.1. The van der Waals surface area contributed by atoms with Crippen LogP contribution in [0.5, 0.6) is 5.75 Å². The van der Waals surface area contributed by atoms with Crippen molar-refractivity contribution in [3.63, 3.8) is 0 Å². The molecule has 16 nitrogen and oxygen atoms in total. The van der Waals surface area contributed by atoms with Crippen molar-refractivity contribution in [1.29, 1.82) is 0 Å². The Kier molecular flexibility index (Phi) is 28.3. The topological polar surface area (TPSA) is 217 Å². The standard InChI is InChI=1S/C45H58N2O11.C5H13NO2/c1-32(48)26-36(27-33-16-18-38(19-17-33)56-30-34-12-8-6-9-13-34)44(53)47-39(20-21-41(50)57-31-35-14-10-7-11-15-35)40(49)28-37(29-42(51)58-45(2,3)4)43(52)46-22-23-55-25-24-54-5;1-7-4-5-8-3-2-6/h6-19,36-37,39H,20-31H2,1-5H3,(H,46,52)(H,47,53);2-6H2,1H3/t36-,37-,39+;/m0./s1. The summed E-state index contributed by atoms with van der Waals surface area (Å²) in [7, 11) is 3.19. The van der Waals surface area contributed by atoms with Gasteiger partial charge in [0, 0.05) is 52.5 Å². The zero-order valence-corrected chi connectivity index (χ0v) is 39.5. The summed E-state index contributed by atoms with van der Waals surface area (Å²) in [5.74, 6) is -4.60. The summed E-state index contributed by atoms with van der Waals surface area (Å²) in [4.78, 5) is 79.6. The lowest BCUT2D eigenvalue weighted by Crippen LogP contribution is -2.46. The van der Waals surface area contributed by atoms with Crippen LogP contribution in [0.4, 0.5) is 0 Å². The highest BCUT2D eigenvalue weighted by Gasteiger charge is 2.33. The van der Waals surface area contributed by atoms with Crippen LogP contribution in [0.25, 0.3) is 0 Å². The highest BCUT2D eigenvalue weighted by molar-refractivity contribution is 5.95. The molecule has 0 aliphatic carbocycles. The predicted octanol–water partition coefficient (Wildman–Crippen LogP) is 5.11. The molecule has 16 heteroatoms. The molecule has 364 valence electrons. The summed E-state index contributed by atoms with van der Waals surface area (Å²) in [5.41, 5.74) is 6.86. The van der Waals surface area contributed by atoms with Crippen molar-refractivity contribution in [1.82, 2.24) is 10.6 Å². The van der Waals surface area contributed by atoms with E-state index in [1.54, 1.807) is 47.1 Å². The fourth-order valence-corrected chi connectivity index (χ4v) is 6.22. The van der Waals surface area contributed by atoms with Crippen molar-refractivity contribution in [2.24, 2.45) is 17.6 Å². The van der Waals surface area contributed by atoms with Crippen LogP contribution in [-0.4, -0.2) is 114 Å². The Morgan fingerprint density at radius 3 is 1.79 bits per heavy atom. The third kappa shape index (κ3) is 26.4. The molecule has 0 saturated heterocycles. The predicted molar refractivity (Wildman–Crippen MR) is 248 cm³/mol. The summed E-state index contributed by atoms with van der Waals surface area (Å²) in [5, 5.41) is 5.49. The maximum Gasteiger partial charge on any atom is 0.307 e. The Labute approximate surface area is 389 Å². The Morgan fingerprint density at radius 1 is 0.636 bits per heavy atom. The summed E-state index contributed by atoms with van der Waals surface area (Å²) < 4.78 is 36.9. The molecule has 0 aromatic heterocycles. The minimum absolute atomic E-state index is 0.0226. The van der Waals surface area contributed by atoms with E-state index in [1.807, 2.05) is 72.8 Å². The van der Waals surface area contributed by atoms with Crippen LogP contribution in [-0.2, 0) is 76.8 Å². The molecule has 66 heavy (non-hydrogen) atoms. The number of amides is 2. The van der Waals surface area contributed by atoms with Gasteiger partial charge in [-0.25, -0.2) is 0 Å². The second kappa shape index (κ2) is 33.0. The first kappa shape index (κ1) is 56.6. The molecule has 3 aromatic rings. The molecule has 3 rings (SSSR count). The molecule has 0 heterocycles. The monoisotopic (exact) mass is 921 g/mol. The molecule has 4 N–H and O–H groups in total. The first-order valence-electron chi connectivity index (χ1n) is 22.2. The quantitative estimate of drug-likeness (QED) is 0.0565. The average Bonchev–Trinajstić information content (AvgIpc) is 3.29. The number of Topliss-reactive ketones (excluding diaryl/α,β-unsaturated/α-hetero) is 2. The number of ether oxygens (including phenoxy) is 7. The van der Waals surface area contributed by atoms with Crippen LogP contribution >= 0.6 is 0 Å². The van der Waals surface area contributed by atoms with E-state index in [0.29, 0.717) is 51.9 Å². The Morgan fingerprint density at radius 2 is 1.23 bits per heavy atom. The van der Waals surface area contributed by atoms with Gasteiger partial charge in [0.2, 0.25) is 11.8 Å². The van der Waals surface area contributed by atoms with Gasteiger partial charge in [0.1, 0.15) is 30.3 Å². The number of carbonyl (C=O) groups excluding carboxylic acids is 6. The molecule has 0 saturated carbocycles. The third-order valence-electron chi connectivity index (χ3n) is 9.47. The molecule has 3 atom stereocenters. The van der Waals surface area contributed by atoms with E-state index in [-0.39, 0.29) is 51.2 Å². The minimum atomic E-state index is -1.24. The molecule has 0 bridgehead atoms. The fourth-order valence-electron chi connectivity index (χ4n) is 6.22. The fraction of sp³-hybridized carbons (Fsp3) is 0.520. The van der Waals surface area contributed by atoms with Gasteiger partial charge in [-0.05, 0) is 69.4 Å². The average molecular weight is 922 g/mol. The van der Waals surface area contributed by atoms with Gasteiger partial charge in [0.15, 0.2) is 5.78 Å². The molecule has 0 fully saturated rings. The van der Waals surface area contributed by atoms with Crippen LogP contribution in [0.1, 0.15) is 76.5 Å². The van der Waals surface area contributed by atoms with E-state index in [1.165, 1.54) is 6.92 Å². The van der Waals surface area contributed by atoms with Gasteiger partial charge < -0.3 is 54.3 Å². The molecule has 3 aromatic carbocycles. The molecular weight excluding hydrogens is 851 g/mol. The molecule has 0 aliphatic heterocycles. The normalized spacial score (nSPS) is 12.3. The van der Waals surface area contributed by atoms with E-state index in [4.69, 9.17) is 38.9 Å². The van der Waals surface area contributed by atoms with E-state index < -0.39 is 65.9 Å². The number of carbonyl (C=O) groups is 6. The number of nitrogens with one attached hydrogen (secondary N) is 2. The lowest BCUT2D eigenvalue weighted by Gasteiger charge is -2.25. The van der Waals surface area contributed by atoms with Gasteiger partial charge in [-0.1, -0.05) is 72.8 Å². The molecule has 0 unspecified atom stereocenters. The highest BCUT2D eigenvalue weighted by atomic mass is 16.6. The lowest BCUT2D eigenvalue weighted by molar-refractivity contribution is -0.157. The molecular formula is C50H71N3O13. The second-order valence-corrected chi connectivity index (χ2v) is 16.4. The molecule has 2 amide bonds. The van der Waals surface area contributed by atoms with E-state index >= 15 is 0 Å². The minimum Gasteiger partial charge on any atom is -0.489 e. The first-order chi connectivity index (χ1) is 31.6. The smallest absolute Gasteiger partial charge is 0.307 e. The Bertz CT molecular complexity index is 1850. The summed E-state index contributed by atoms with van der Waals surface area (Å²) in [6.07, 6.45) is -1.15. The van der Waals surface area contributed by atoms with Crippen molar-refractivity contribution < 1.29 is 61.9 Å². The number of hydrogen-bond acceptors (Lipinski definition) is 14. The first-order valence-corrected chi connectivity index (χ1v) is 22.2. The van der Waals surface area contributed by atoms with Gasteiger partial charge in [0.05, 0.1) is 58.0 Å².